The van der Waals surface area contributed by atoms with E-state index in [9.17, 15) is 9.59 Å². The fourth-order valence-electron chi connectivity index (χ4n) is 2.17. The van der Waals surface area contributed by atoms with Crippen molar-refractivity contribution in [2.75, 3.05) is 0 Å². The third-order valence-electron chi connectivity index (χ3n) is 3.71. The number of carbonyl (C=O) groups is 2. The highest BCUT2D eigenvalue weighted by Crippen LogP contribution is 2.22. The van der Waals surface area contributed by atoms with Crippen molar-refractivity contribution >= 4 is 23.5 Å². The first-order chi connectivity index (χ1) is 10.3. The Bertz CT molecular complexity index is 529. The lowest BCUT2D eigenvalue weighted by Crippen LogP contribution is -2.52. The SMILES string of the molecule is CCC(CC)(CC(=O)O)NC(=O)C(C)Oc1cccc(Cl)c1. The van der Waals surface area contributed by atoms with Gasteiger partial charge in [-0.1, -0.05) is 31.5 Å². The second-order valence-corrected chi connectivity index (χ2v) is 5.70. The summed E-state index contributed by atoms with van der Waals surface area (Å²) < 4.78 is 5.55. The van der Waals surface area contributed by atoms with E-state index in [1.807, 2.05) is 13.8 Å². The van der Waals surface area contributed by atoms with Crippen LogP contribution in [-0.2, 0) is 9.59 Å². The van der Waals surface area contributed by atoms with Crippen molar-refractivity contribution in [1.82, 2.24) is 5.32 Å². The molecule has 1 aromatic rings. The van der Waals surface area contributed by atoms with E-state index in [1.54, 1.807) is 31.2 Å². The van der Waals surface area contributed by atoms with Gasteiger partial charge in [0.15, 0.2) is 6.10 Å². The molecule has 0 aliphatic carbocycles. The Morgan fingerprint density at radius 1 is 1.36 bits per heavy atom. The number of aliphatic carboxylic acids is 1. The molecule has 1 atom stereocenters. The summed E-state index contributed by atoms with van der Waals surface area (Å²) in [6.45, 7) is 5.33. The van der Waals surface area contributed by atoms with Crippen LogP contribution in [0.3, 0.4) is 0 Å². The van der Waals surface area contributed by atoms with Crippen molar-refractivity contribution < 1.29 is 19.4 Å². The quantitative estimate of drug-likeness (QED) is 0.768. The Labute approximate surface area is 135 Å². The highest BCUT2D eigenvalue weighted by atomic mass is 35.5. The molecule has 2 N–H and O–H groups in total. The van der Waals surface area contributed by atoms with Crippen molar-refractivity contribution in [2.24, 2.45) is 0 Å². The van der Waals surface area contributed by atoms with E-state index in [2.05, 4.69) is 5.32 Å². The van der Waals surface area contributed by atoms with E-state index in [1.165, 1.54) is 0 Å². The number of nitrogens with one attached hydrogen (secondary N) is 1. The molecule has 1 amide bonds. The molecule has 0 saturated carbocycles. The van der Waals surface area contributed by atoms with Crippen LogP contribution >= 0.6 is 11.6 Å². The molecule has 0 aromatic heterocycles. The number of ether oxygens (including phenoxy) is 1. The van der Waals surface area contributed by atoms with Gasteiger partial charge in [0, 0.05) is 5.02 Å². The molecule has 0 radical (unpaired) electrons. The monoisotopic (exact) mass is 327 g/mol. The molecule has 122 valence electrons. The predicted molar refractivity (Wildman–Crippen MR) is 85.3 cm³/mol. The minimum absolute atomic E-state index is 0.115. The smallest absolute Gasteiger partial charge is 0.305 e. The Kier molecular flexibility index (Phi) is 6.68. The number of carboxylic acid groups (broad SMARTS) is 1. The van der Waals surface area contributed by atoms with E-state index in [0.29, 0.717) is 23.6 Å². The molecule has 1 aromatic carbocycles. The molecule has 0 heterocycles. The van der Waals surface area contributed by atoms with Crippen LogP contribution in [-0.4, -0.2) is 28.6 Å². The highest BCUT2D eigenvalue weighted by Gasteiger charge is 2.32. The topological polar surface area (TPSA) is 75.6 Å². The van der Waals surface area contributed by atoms with Crippen LogP contribution < -0.4 is 10.1 Å². The molecule has 0 aliphatic heterocycles. The Hall–Kier alpha value is -1.75. The zero-order valence-corrected chi connectivity index (χ0v) is 13.8. The average molecular weight is 328 g/mol. The van der Waals surface area contributed by atoms with Crippen LogP contribution in [0, 0.1) is 0 Å². The first-order valence-electron chi connectivity index (χ1n) is 7.28. The molecule has 6 heteroatoms. The second-order valence-electron chi connectivity index (χ2n) is 5.26. The summed E-state index contributed by atoms with van der Waals surface area (Å²) in [6.07, 6.45) is 0.205. The lowest BCUT2D eigenvalue weighted by Gasteiger charge is -2.32. The summed E-state index contributed by atoms with van der Waals surface area (Å²) in [6, 6.07) is 6.77. The molecule has 1 rings (SSSR count). The van der Waals surface area contributed by atoms with Crippen LogP contribution in [0.1, 0.15) is 40.0 Å². The van der Waals surface area contributed by atoms with Crippen LogP contribution in [0.15, 0.2) is 24.3 Å². The summed E-state index contributed by atoms with van der Waals surface area (Å²) in [5.41, 5.74) is -0.755. The minimum atomic E-state index is -0.938. The van der Waals surface area contributed by atoms with Gasteiger partial charge in [0.25, 0.3) is 5.91 Å². The fourth-order valence-corrected chi connectivity index (χ4v) is 2.35. The van der Waals surface area contributed by atoms with Crippen LogP contribution in [0.2, 0.25) is 5.02 Å². The van der Waals surface area contributed by atoms with Gasteiger partial charge in [-0.25, -0.2) is 0 Å². The van der Waals surface area contributed by atoms with Gasteiger partial charge in [0.05, 0.1) is 12.0 Å². The van der Waals surface area contributed by atoms with Crippen molar-refractivity contribution in [3.8, 4) is 5.75 Å². The van der Waals surface area contributed by atoms with Gasteiger partial charge < -0.3 is 15.2 Å². The Balaban J connectivity index is 2.74. The van der Waals surface area contributed by atoms with Crippen LogP contribution in [0.5, 0.6) is 5.75 Å². The highest BCUT2D eigenvalue weighted by molar-refractivity contribution is 6.30. The maximum atomic E-state index is 12.3. The summed E-state index contributed by atoms with van der Waals surface area (Å²) >= 11 is 5.87. The molecule has 0 bridgehead atoms. The lowest BCUT2D eigenvalue weighted by molar-refractivity contribution is -0.139. The largest absolute Gasteiger partial charge is 0.481 e. The molecule has 22 heavy (non-hydrogen) atoms. The first-order valence-corrected chi connectivity index (χ1v) is 7.65. The van der Waals surface area contributed by atoms with Crippen LogP contribution in [0.4, 0.5) is 0 Å². The standard InChI is InChI=1S/C16H22ClNO4/c1-4-16(5-2,10-14(19)20)18-15(21)11(3)22-13-8-6-7-12(17)9-13/h6-9,11H,4-5,10H2,1-3H3,(H,18,21)(H,19,20). The average Bonchev–Trinajstić information content (AvgIpc) is 2.45. The molecule has 0 spiro atoms. The number of hydrogen-bond donors (Lipinski definition) is 2. The van der Waals surface area contributed by atoms with Gasteiger partial charge in [-0.3, -0.25) is 9.59 Å². The van der Waals surface area contributed by atoms with Gasteiger partial charge in [0.1, 0.15) is 5.75 Å². The summed E-state index contributed by atoms with van der Waals surface area (Å²) in [7, 11) is 0. The summed E-state index contributed by atoms with van der Waals surface area (Å²) in [5, 5.41) is 12.4. The summed E-state index contributed by atoms with van der Waals surface area (Å²) in [5.74, 6) is -0.788. The predicted octanol–water partition coefficient (Wildman–Crippen LogP) is 3.26. The maximum Gasteiger partial charge on any atom is 0.305 e. The number of carbonyl (C=O) groups excluding carboxylic acids is 1. The molecule has 1 unspecified atom stereocenters. The number of halogens is 1. The van der Waals surface area contributed by atoms with Gasteiger partial charge >= 0.3 is 5.97 Å². The summed E-state index contributed by atoms with van der Waals surface area (Å²) in [4.78, 5) is 23.3. The molecular formula is C16H22ClNO4. The van der Waals surface area contributed by atoms with E-state index < -0.39 is 17.6 Å². The number of benzene rings is 1. The van der Waals surface area contributed by atoms with Gasteiger partial charge in [-0.2, -0.15) is 0 Å². The third-order valence-corrected chi connectivity index (χ3v) is 3.94. The molecule has 5 nitrogen and oxygen atoms in total. The van der Waals surface area contributed by atoms with Crippen molar-refractivity contribution in [2.45, 2.75) is 51.7 Å². The van der Waals surface area contributed by atoms with Gasteiger partial charge in [-0.15, -0.1) is 0 Å². The van der Waals surface area contributed by atoms with Gasteiger partial charge in [-0.05, 0) is 38.0 Å². The van der Waals surface area contributed by atoms with E-state index >= 15 is 0 Å². The zero-order chi connectivity index (χ0) is 16.8. The zero-order valence-electron chi connectivity index (χ0n) is 13.1. The molecular weight excluding hydrogens is 306 g/mol. The maximum absolute atomic E-state index is 12.3. The lowest BCUT2D eigenvalue weighted by atomic mass is 9.88. The Morgan fingerprint density at radius 2 is 2.00 bits per heavy atom. The van der Waals surface area contributed by atoms with Crippen molar-refractivity contribution in [3.05, 3.63) is 29.3 Å². The molecule has 0 saturated heterocycles. The number of carboxylic acids is 1. The minimum Gasteiger partial charge on any atom is -0.481 e. The Morgan fingerprint density at radius 3 is 2.50 bits per heavy atom. The van der Waals surface area contributed by atoms with Crippen molar-refractivity contribution in [1.29, 1.82) is 0 Å². The van der Waals surface area contributed by atoms with Crippen LogP contribution in [0.25, 0.3) is 0 Å². The molecule has 0 aliphatic rings. The number of rotatable bonds is 8. The number of hydrogen-bond acceptors (Lipinski definition) is 3. The van der Waals surface area contributed by atoms with E-state index in [-0.39, 0.29) is 12.3 Å². The van der Waals surface area contributed by atoms with Crippen molar-refractivity contribution in [3.63, 3.8) is 0 Å². The van der Waals surface area contributed by atoms with E-state index in [4.69, 9.17) is 21.4 Å². The normalized spacial score (nSPS) is 12.5. The second kappa shape index (κ2) is 8.03. The third kappa shape index (κ3) is 5.22. The molecule has 0 fully saturated rings. The van der Waals surface area contributed by atoms with E-state index in [0.717, 1.165) is 0 Å². The first kappa shape index (κ1) is 18.3. The number of amides is 1. The van der Waals surface area contributed by atoms with Gasteiger partial charge in [0.2, 0.25) is 0 Å². The fraction of sp³-hybridized carbons (Fsp3) is 0.500.